The summed E-state index contributed by atoms with van der Waals surface area (Å²) < 4.78 is 36.9. The van der Waals surface area contributed by atoms with Gasteiger partial charge < -0.3 is 24.8 Å². The van der Waals surface area contributed by atoms with Crippen LogP contribution in [0.2, 0.25) is 0 Å². The van der Waals surface area contributed by atoms with Crippen molar-refractivity contribution in [2.75, 3.05) is 12.3 Å². The Hall–Kier alpha value is -2.47. The summed E-state index contributed by atoms with van der Waals surface area (Å²) in [5, 5.41) is 13.4. The number of aliphatic hydroxyl groups excluding tert-OH is 1. The van der Waals surface area contributed by atoms with Gasteiger partial charge in [-0.15, -0.1) is 11.6 Å². The SMILES string of the molecule is CC(C)OC(=O)C(C)NP(=O)(OC[C@H]1O[C@@H](n2ccc(N)nc2=O)[C@](C)(Cl)[C@@H]1O)Oc1ccccc1. The molecule has 1 fully saturated rings. The van der Waals surface area contributed by atoms with E-state index in [9.17, 15) is 19.3 Å². The Labute approximate surface area is 213 Å². The maximum Gasteiger partial charge on any atom is 0.459 e. The summed E-state index contributed by atoms with van der Waals surface area (Å²) in [5.41, 5.74) is 4.82. The normalized spacial score (nSPS) is 26.4. The van der Waals surface area contributed by atoms with Crippen LogP contribution in [0.4, 0.5) is 5.82 Å². The molecule has 1 aliphatic rings. The number of alkyl halides is 1. The van der Waals surface area contributed by atoms with Gasteiger partial charge in [0.15, 0.2) is 6.23 Å². The molecule has 0 spiro atoms. The Morgan fingerprint density at radius 1 is 1.33 bits per heavy atom. The maximum absolute atomic E-state index is 13.6. The van der Waals surface area contributed by atoms with Gasteiger partial charge in [0.25, 0.3) is 0 Å². The summed E-state index contributed by atoms with van der Waals surface area (Å²) >= 11 is 6.55. The first-order valence-electron chi connectivity index (χ1n) is 11.2. The fourth-order valence-electron chi connectivity index (χ4n) is 3.46. The molecule has 2 heterocycles. The Morgan fingerprint density at radius 3 is 2.61 bits per heavy atom. The van der Waals surface area contributed by atoms with Gasteiger partial charge in [0.05, 0.1) is 12.7 Å². The highest BCUT2D eigenvalue weighted by Crippen LogP contribution is 2.48. The van der Waals surface area contributed by atoms with E-state index in [4.69, 9.17) is 35.9 Å². The topological polar surface area (TPSA) is 164 Å². The molecule has 0 amide bonds. The third kappa shape index (κ3) is 6.64. The number of carbonyl (C=O) groups is 1. The van der Waals surface area contributed by atoms with E-state index in [2.05, 4.69) is 10.1 Å². The van der Waals surface area contributed by atoms with Gasteiger partial charge in [0, 0.05) is 6.20 Å². The van der Waals surface area contributed by atoms with Crippen molar-refractivity contribution in [2.24, 2.45) is 0 Å². The number of nitrogens with two attached hydrogens (primary N) is 1. The van der Waals surface area contributed by atoms with Gasteiger partial charge in [0.1, 0.15) is 34.7 Å². The first-order valence-corrected chi connectivity index (χ1v) is 13.1. The van der Waals surface area contributed by atoms with Crippen molar-refractivity contribution in [1.29, 1.82) is 0 Å². The highest BCUT2D eigenvalue weighted by atomic mass is 35.5. The molecule has 0 saturated carbocycles. The molecule has 0 aliphatic carbocycles. The van der Waals surface area contributed by atoms with E-state index in [0.29, 0.717) is 0 Å². The number of ether oxygens (including phenoxy) is 2. The van der Waals surface area contributed by atoms with E-state index in [1.54, 1.807) is 44.2 Å². The average molecular weight is 545 g/mol. The summed E-state index contributed by atoms with van der Waals surface area (Å²) in [6.45, 7) is 5.83. The molecular weight excluding hydrogens is 515 g/mol. The fourth-order valence-corrected chi connectivity index (χ4v) is 5.26. The van der Waals surface area contributed by atoms with Gasteiger partial charge in [-0.3, -0.25) is 13.9 Å². The van der Waals surface area contributed by atoms with Crippen LogP contribution < -0.4 is 21.0 Å². The van der Waals surface area contributed by atoms with Crippen molar-refractivity contribution < 1.29 is 33.0 Å². The Morgan fingerprint density at radius 2 is 2.00 bits per heavy atom. The van der Waals surface area contributed by atoms with Crippen molar-refractivity contribution in [3.8, 4) is 5.75 Å². The zero-order valence-electron chi connectivity index (χ0n) is 20.2. The second kappa shape index (κ2) is 11.3. The van der Waals surface area contributed by atoms with E-state index in [1.807, 2.05) is 0 Å². The summed E-state index contributed by atoms with van der Waals surface area (Å²) in [7, 11) is -4.21. The van der Waals surface area contributed by atoms with Crippen LogP contribution >= 0.6 is 19.3 Å². The van der Waals surface area contributed by atoms with Crippen LogP contribution in [-0.2, 0) is 23.4 Å². The molecule has 36 heavy (non-hydrogen) atoms. The van der Waals surface area contributed by atoms with Gasteiger partial charge in [-0.2, -0.15) is 10.1 Å². The van der Waals surface area contributed by atoms with E-state index in [1.165, 1.54) is 26.1 Å². The number of rotatable bonds is 10. The number of aromatic nitrogens is 2. The lowest BCUT2D eigenvalue weighted by Gasteiger charge is -2.26. The number of anilines is 1. The Balaban J connectivity index is 1.79. The van der Waals surface area contributed by atoms with Gasteiger partial charge in [-0.1, -0.05) is 18.2 Å². The second-order valence-corrected chi connectivity index (χ2v) is 11.2. The molecule has 4 N–H and O–H groups in total. The number of nitrogens with one attached hydrogen (secondary N) is 1. The van der Waals surface area contributed by atoms with Crippen molar-refractivity contribution in [1.82, 2.24) is 14.6 Å². The number of para-hydroxylation sites is 1. The Bertz CT molecular complexity index is 1160. The van der Waals surface area contributed by atoms with Gasteiger partial charge >= 0.3 is 19.4 Å². The molecule has 2 aromatic rings. The van der Waals surface area contributed by atoms with Gasteiger partial charge in [0.2, 0.25) is 0 Å². The lowest BCUT2D eigenvalue weighted by atomic mass is 10.0. The third-order valence-corrected chi connectivity index (χ3v) is 7.31. The molecule has 1 aliphatic heterocycles. The number of nitrogens with zero attached hydrogens (tertiary/aromatic N) is 2. The van der Waals surface area contributed by atoms with Crippen LogP contribution in [0.3, 0.4) is 0 Å². The minimum atomic E-state index is -4.21. The molecule has 0 bridgehead atoms. The Kier molecular flexibility index (Phi) is 8.81. The van der Waals surface area contributed by atoms with Crippen LogP contribution in [0.5, 0.6) is 5.75 Å². The van der Waals surface area contributed by atoms with E-state index >= 15 is 0 Å². The molecule has 3 rings (SSSR count). The van der Waals surface area contributed by atoms with Crippen LogP contribution in [0.25, 0.3) is 0 Å². The lowest BCUT2D eigenvalue weighted by molar-refractivity contribution is -0.149. The quantitative estimate of drug-likeness (QED) is 0.228. The molecule has 12 nitrogen and oxygen atoms in total. The number of hydrogen-bond acceptors (Lipinski definition) is 10. The molecule has 14 heteroatoms. The summed E-state index contributed by atoms with van der Waals surface area (Å²) in [5.74, 6) is -0.433. The number of halogens is 1. The van der Waals surface area contributed by atoms with Crippen LogP contribution in [0.15, 0.2) is 47.4 Å². The third-order valence-electron chi connectivity index (χ3n) is 5.26. The second-order valence-electron chi connectivity index (χ2n) is 8.70. The first-order chi connectivity index (χ1) is 16.8. The number of esters is 1. The largest absolute Gasteiger partial charge is 0.462 e. The highest BCUT2D eigenvalue weighted by Gasteiger charge is 2.54. The zero-order valence-corrected chi connectivity index (χ0v) is 21.9. The number of carbonyl (C=O) groups excluding carboxylic acids is 1. The molecule has 0 radical (unpaired) electrons. The lowest BCUT2D eigenvalue weighted by Crippen LogP contribution is -2.42. The van der Waals surface area contributed by atoms with Crippen molar-refractivity contribution in [3.63, 3.8) is 0 Å². The highest BCUT2D eigenvalue weighted by molar-refractivity contribution is 7.52. The molecular formula is C22H30ClN4O8P. The van der Waals surface area contributed by atoms with Crippen molar-refractivity contribution >= 4 is 31.1 Å². The average Bonchev–Trinajstić information content (AvgIpc) is 3.01. The van der Waals surface area contributed by atoms with Crippen LogP contribution in [0, 0.1) is 0 Å². The van der Waals surface area contributed by atoms with Crippen molar-refractivity contribution in [2.45, 2.75) is 63.2 Å². The summed E-state index contributed by atoms with van der Waals surface area (Å²) in [6, 6.07) is 8.53. The van der Waals surface area contributed by atoms with Gasteiger partial charge in [-0.05, 0) is 45.9 Å². The van der Waals surface area contributed by atoms with Crippen LogP contribution in [-0.4, -0.2) is 56.5 Å². The predicted molar refractivity (Wildman–Crippen MR) is 132 cm³/mol. The minimum Gasteiger partial charge on any atom is -0.462 e. The first kappa shape index (κ1) is 28.1. The molecule has 1 aromatic heterocycles. The minimum absolute atomic E-state index is 0.0149. The molecule has 1 saturated heterocycles. The van der Waals surface area contributed by atoms with E-state index < -0.39 is 55.4 Å². The monoisotopic (exact) mass is 544 g/mol. The molecule has 198 valence electrons. The summed E-state index contributed by atoms with van der Waals surface area (Å²) in [6.07, 6.45) is -2.63. The standard InChI is InChI=1S/C22H30ClN4O8P/c1-13(2)33-19(29)14(3)26-36(31,35-15-8-6-5-7-9-15)32-12-16-18(28)22(4,23)20(34-16)27-11-10-17(24)25-21(27)30/h5-11,13-14,16,18,20,28H,12H2,1-4H3,(H,26,31)(H2,24,25,30)/t14?,16-,18-,20-,22-,36?/m1/s1. The molecule has 6 atom stereocenters. The number of nitrogen functional groups attached to an aromatic ring is 1. The predicted octanol–water partition coefficient (Wildman–Crippen LogP) is 2.21. The van der Waals surface area contributed by atoms with Crippen LogP contribution in [0.1, 0.15) is 33.9 Å². The molecule has 2 unspecified atom stereocenters. The molecule has 1 aromatic carbocycles. The fraction of sp³-hybridized carbons (Fsp3) is 0.500. The number of hydrogen-bond donors (Lipinski definition) is 3. The maximum atomic E-state index is 13.6. The number of aliphatic hydroxyl groups is 1. The smallest absolute Gasteiger partial charge is 0.459 e. The van der Waals surface area contributed by atoms with E-state index in [-0.39, 0.29) is 17.7 Å². The number of benzene rings is 1. The van der Waals surface area contributed by atoms with Crippen molar-refractivity contribution in [3.05, 3.63) is 53.1 Å². The summed E-state index contributed by atoms with van der Waals surface area (Å²) in [4.78, 5) is 26.8. The zero-order chi connectivity index (χ0) is 26.7. The van der Waals surface area contributed by atoms with E-state index in [0.717, 1.165) is 4.57 Å². The van der Waals surface area contributed by atoms with Gasteiger partial charge in [-0.25, -0.2) is 9.36 Å².